The molecule has 0 radical (unpaired) electrons. The highest BCUT2D eigenvalue weighted by molar-refractivity contribution is 5.59. The molecule has 2 aromatic rings. The normalized spacial score (nSPS) is 12.7. The Morgan fingerprint density at radius 1 is 1.15 bits per heavy atom. The van der Waals surface area contributed by atoms with Crippen molar-refractivity contribution in [2.45, 2.75) is 33.2 Å². The van der Waals surface area contributed by atoms with Crippen LogP contribution in [0.25, 0.3) is 0 Å². The van der Waals surface area contributed by atoms with Crippen molar-refractivity contribution in [3.8, 4) is 0 Å². The van der Waals surface area contributed by atoms with Crippen LogP contribution in [0.1, 0.15) is 42.0 Å². The highest BCUT2D eigenvalue weighted by atomic mass is 19.3. The van der Waals surface area contributed by atoms with Crippen molar-refractivity contribution in [2.75, 3.05) is 11.1 Å². The first kappa shape index (κ1) is 14.4. The summed E-state index contributed by atoms with van der Waals surface area (Å²) in [6, 6.07) is 6.26. The minimum atomic E-state index is -2.57. The number of aryl methyl sites for hydroxylation is 2. The molecule has 20 heavy (non-hydrogen) atoms. The summed E-state index contributed by atoms with van der Waals surface area (Å²) in [7, 11) is 0. The average Bonchev–Trinajstić information content (AvgIpc) is 2.70. The van der Waals surface area contributed by atoms with Gasteiger partial charge in [-0.25, -0.2) is 8.78 Å². The molecule has 0 spiro atoms. The molecule has 1 aromatic heterocycles. The van der Waals surface area contributed by atoms with E-state index in [9.17, 15) is 8.78 Å². The standard InChI is InChI=1S/C15H18F2N2O/c1-8-6-12(10(3)20-8)9(2)19-14-5-4-11(18)7-13(14)15(16)17/h4-7,9,15,19H,18H2,1-3H3. The van der Waals surface area contributed by atoms with Crippen molar-refractivity contribution in [2.24, 2.45) is 0 Å². The van der Waals surface area contributed by atoms with Gasteiger partial charge in [-0.05, 0) is 45.0 Å². The molecule has 0 saturated heterocycles. The largest absolute Gasteiger partial charge is 0.466 e. The molecule has 0 aliphatic rings. The van der Waals surface area contributed by atoms with E-state index in [-0.39, 0.29) is 11.6 Å². The number of halogens is 2. The van der Waals surface area contributed by atoms with Gasteiger partial charge in [-0.15, -0.1) is 0 Å². The maximum atomic E-state index is 13.0. The van der Waals surface area contributed by atoms with Crippen LogP contribution in [0.4, 0.5) is 20.2 Å². The molecular weight excluding hydrogens is 262 g/mol. The quantitative estimate of drug-likeness (QED) is 0.805. The minimum Gasteiger partial charge on any atom is -0.466 e. The lowest BCUT2D eigenvalue weighted by Gasteiger charge is -2.18. The van der Waals surface area contributed by atoms with Crippen molar-refractivity contribution in [1.82, 2.24) is 0 Å². The second-order valence-electron chi connectivity index (χ2n) is 4.88. The Bertz CT molecular complexity index is 608. The van der Waals surface area contributed by atoms with Gasteiger partial charge in [-0.1, -0.05) is 0 Å². The summed E-state index contributed by atoms with van der Waals surface area (Å²) in [5, 5.41) is 3.09. The first-order valence-corrected chi connectivity index (χ1v) is 6.39. The molecule has 0 saturated carbocycles. The Hall–Kier alpha value is -2.04. The van der Waals surface area contributed by atoms with E-state index in [1.807, 2.05) is 26.8 Å². The minimum absolute atomic E-state index is 0.0882. The Morgan fingerprint density at radius 3 is 2.40 bits per heavy atom. The molecule has 0 aliphatic heterocycles. The second-order valence-corrected chi connectivity index (χ2v) is 4.88. The second kappa shape index (κ2) is 5.53. The fourth-order valence-corrected chi connectivity index (χ4v) is 2.28. The number of anilines is 2. The van der Waals surface area contributed by atoms with Gasteiger partial charge in [0.25, 0.3) is 6.43 Å². The van der Waals surface area contributed by atoms with Crippen LogP contribution in [-0.4, -0.2) is 0 Å². The first-order valence-electron chi connectivity index (χ1n) is 6.39. The topological polar surface area (TPSA) is 51.2 Å². The van der Waals surface area contributed by atoms with Crippen molar-refractivity contribution < 1.29 is 13.2 Å². The van der Waals surface area contributed by atoms with Gasteiger partial charge in [0.05, 0.1) is 6.04 Å². The molecule has 0 amide bonds. The Morgan fingerprint density at radius 2 is 1.85 bits per heavy atom. The highest BCUT2D eigenvalue weighted by Gasteiger charge is 2.17. The van der Waals surface area contributed by atoms with Crippen LogP contribution < -0.4 is 11.1 Å². The molecule has 108 valence electrons. The molecule has 1 aromatic carbocycles. The number of alkyl halides is 2. The van der Waals surface area contributed by atoms with Gasteiger partial charge in [0.1, 0.15) is 11.5 Å². The predicted molar refractivity (Wildman–Crippen MR) is 76.0 cm³/mol. The zero-order valence-corrected chi connectivity index (χ0v) is 11.7. The third kappa shape index (κ3) is 2.92. The van der Waals surface area contributed by atoms with E-state index in [4.69, 9.17) is 10.2 Å². The van der Waals surface area contributed by atoms with E-state index in [1.165, 1.54) is 6.07 Å². The molecule has 0 fully saturated rings. The lowest BCUT2D eigenvalue weighted by atomic mass is 10.1. The van der Waals surface area contributed by atoms with E-state index in [0.717, 1.165) is 17.1 Å². The van der Waals surface area contributed by atoms with Crippen molar-refractivity contribution in [3.63, 3.8) is 0 Å². The average molecular weight is 280 g/mol. The zero-order valence-electron chi connectivity index (χ0n) is 11.7. The SMILES string of the molecule is Cc1cc(C(C)Nc2ccc(N)cc2C(F)F)c(C)o1. The van der Waals surface area contributed by atoms with Gasteiger partial charge in [0, 0.05) is 22.5 Å². The van der Waals surface area contributed by atoms with Gasteiger partial charge >= 0.3 is 0 Å². The fourth-order valence-electron chi connectivity index (χ4n) is 2.28. The van der Waals surface area contributed by atoms with E-state index in [0.29, 0.717) is 11.4 Å². The molecule has 3 nitrogen and oxygen atoms in total. The van der Waals surface area contributed by atoms with E-state index in [1.54, 1.807) is 12.1 Å². The molecule has 2 rings (SSSR count). The predicted octanol–water partition coefficient (Wildman–Crippen LogP) is 4.59. The van der Waals surface area contributed by atoms with Crippen LogP contribution >= 0.6 is 0 Å². The van der Waals surface area contributed by atoms with Crippen LogP contribution in [0.5, 0.6) is 0 Å². The van der Waals surface area contributed by atoms with Crippen LogP contribution in [-0.2, 0) is 0 Å². The van der Waals surface area contributed by atoms with Crippen molar-refractivity contribution in [3.05, 3.63) is 46.9 Å². The number of rotatable bonds is 4. The summed E-state index contributed by atoms with van der Waals surface area (Å²) in [5.41, 5.74) is 7.14. The molecular formula is C15H18F2N2O. The number of nitrogens with one attached hydrogen (secondary N) is 1. The third-order valence-corrected chi connectivity index (χ3v) is 3.23. The summed E-state index contributed by atoms with van der Waals surface area (Å²) >= 11 is 0. The molecule has 1 atom stereocenters. The monoisotopic (exact) mass is 280 g/mol. The van der Waals surface area contributed by atoms with E-state index in [2.05, 4.69) is 5.32 Å². The van der Waals surface area contributed by atoms with E-state index < -0.39 is 6.43 Å². The summed E-state index contributed by atoms with van der Waals surface area (Å²) < 4.78 is 31.5. The summed E-state index contributed by atoms with van der Waals surface area (Å²) in [6.45, 7) is 5.62. The van der Waals surface area contributed by atoms with E-state index >= 15 is 0 Å². The molecule has 1 unspecified atom stereocenters. The van der Waals surface area contributed by atoms with Crippen LogP contribution in [0.15, 0.2) is 28.7 Å². The summed E-state index contributed by atoms with van der Waals surface area (Å²) in [6.07, 6.45) is -2.57. The molecule has 3 N–H and O–H groups in total. The molecule has 0 aliphatic carbocycles. The van der Waals surface area contributed by atoms with Gasteiger partial charge < -0.3 is 15.5 Å². The maximum absolute atomic E-state index is 13.0. The highest BCUT2D eigenvalue weighted by Crippen LogP contribution is 2.32. The summed E-state index contributed by atoms with van der Waals surface area (Å²) in [4.78, 5) is 0. The number of nitrogen functional groups attached to an aromatic ring is 1. The van der Waals surface area contributed by atoms with Gasteiger partial charge in [-0.3, -0.25) is 0 Å². The molecule has 5 heteroatoms. The summed E-state index contributed by atoms with van der Waals surface area (Å²) in [5.74, 6) is 1.59. The Balaban J connectivity index is 2.28. The number of nitrogens with two attached hydrogens (primary N) is 1. The number of hydrogen-bond donors (Lipinski definition) is 2. The van der Waals surface area contributed by atoms with Gasteiger partial charge in [0.2, 0.25) is 0 Å². The zero-order chi connectivity index (χ0) is 14.9. The maximum Gasteiger partial charge on any atom is 0.265 e. The van der Waals surface area contributed by atoms with Gasteiger partial charge in [-0.2, -0.15) is 0 Å². The smallest absolute Gasteiger partial charge is 0.265 e. The Kier molecular flexibility index (Phi) is 3.97. The lowest BCUT2D eigenvalue weighted by molar-refractivity contribution is 0.152. The fraction of sp³-hybridized carbons (Fsp3) is 0.333. The number of hydrogen-bond acceptors (Lipinski definition) is 3. The lowest BCUT2D eigenvalue weighted by Crippen LogP contribution is -2.09. The molecule has 0 bridgehead atoms. The Labute approximate surface area is 116 Å². The van der Waals surface area contributed by atoms with Crippen LogP contribution in [0.2, 0.25) is 0 Å². The third-order valence-electron chi connectivity index (χ3n) is 3.23. The first-order chi connectivity index (χ1) is 9.38. The van der Waals surface area contributed by atoms with Crippen molar-refractivity contribution >= 4 is 11.4 Å². The van der Waals surface area contributed by atoms with Crippen LogP contribution in [0.3, 0.4) is 0 Å². The van der Waals surface area contributed by atoms with Crippen molar-refractivity contribution in [1.29, 1.82) is 0 Å². The van der Waals surface area contributed by atoms with Crippen LogP contribution in [0, 0.1) is 13.8 Å². The number of furan rings is 1. The number of benzene rings is 1. The van der Waals surface area contributed by atoms with Gasteiger partial charge in [0.15, 0.2) is 0 Å². The molecule has 1 heterocycles.